The van der Waals surface area contributed by atoms with Gasteiger partial charge in [-0.3, -0.25) is 0 Å². The molecule has 4 heteroatoms. The van der Waals surface area contributed by atoms with Crippen LogP contribution in [0, 0.1) is 0 Å². The van der Waals surface area contributed by atoms with Gasteiger partial charge in [-0.1, -0.05) is 28.7 Å². The molecule has 2 rings (SSSR count). The lowest BCUT2D eigenvalue weighted by molar-refractivity contribution is 0.0444. The van der Waals surface area contributed by atoms with Gasteiger partial charge in [0.05, 0.1) is 11.1 Å². The van der Waals surface area contributed by atoms with Crippen molar-refractivity contribution in [2.24, 2.45) is 0 Å². The van der Waals surface area contributed by atoms with Gasteiger partial charge in [0, 0.05) is 4.43 Å². The van der Waals surface area contributed by atoms with E-state index < -0.39 is 11.9 Å². The summed E-state index contributed by atoms with van der Waals surface area (Å²) in [7, 11) is 0. The summed E-state index contributed by atoms with van der Waals surface area (Å²) < 4.78 is 5.26. The van der Waals surface area contributed by atoms with E-state index in [1.54, 1.807) is 12.1 Å². The number of hydrogen-bond donors (Lipinski definition) is 0. The normalized spacial score (nSPS) is 14.2. The molecule has 66 valence electrons. The van der Waals surface area contributed by atoms with Gasteiger partial charge in [-0.2, -0.15) is 0 Å². The highest BCUT2D eigenvalue weighted by Gasteiger charge is 2.29. The summed E-state index contributed by atoms with van der Waals surface area (Å²) >= 11 is 2.19. The number of esters is 2. The molecule has 0 N–H and O–H groups in total. The Labute approximate surface area is 88.2 Å². The van der Waals surface area contributed by atoms with Crippen LogP contribution < -0.4 is 0 Å². The fourth-order valence-electron chi connectivity index (χ4n) is 1.22. The van der Waals surface area contributed by atoms with Crippen LogP contribution >= 0.6 is 22.6 Å². The van der Waals surface area contributed by atoms with Gasteiger partial charge in [0.1, 0.15) is 0 Å². The van der Waals surface area contributed by atoms with Crippen molar-refractivity contribution >= 4 is 34.5 Å². The Hall–Kier alpha value is -0.910. The second-order valence-electron chi connectivity index (χ2n) is 2.69. The molecule has 13 heavy (non-hydrogen) atoms. The largest absolute Gasteiger partial charge is 0.386 e. The summed E-state index contributed by atoms with van der Waals surface area (Å²) in [5.41, 5.74) is 1.78. The van der Waals surface area contributed by atoms with Crippen LogP contribution in [0.4, 0.5) is 0 Å². The number of alkyl halides is 1. The van der Waals surface area contributed by atoms with E-state index in [0.29, 0.717) is 11.1 Å². The molecule has 0 atom stereocenters. The van der Waals surface area contributed by atoms with Crippen LogP contribution in [-0.4, -0.2) is 11.9 Å². The molecule has 0 unspecified atom stereocenters. The summed E-state index contributed by atoms with van der Waals surface area (Å²) in [6.07, 6.45) is 0. The fourth-order valence-corrected chi connectivity index (χ4v) is 1.69. The molecule has 0 fully saturated rings. The van der Waals surface area contributed by atoms with Gasteiger partial charge >= 0.3 is 11.9 Å². The molecule has 1 aromatic rings. The minimum absolute atomic E-state index is 0.374. The first-order chi connectivity index (χ1) is 6.22. The van der Waals surface area contributed by atoms with Crippen molar-refractivity contribution in [2.45, 2.75) is 4.43 Å². The van der Waals surface area contributed by atoms with Crippen LogP contribution in [0.1, 0.15) is 26.3 Å². The number of fused-ring (bicyclic) bond motifs is 1. The van der Waals surface area contributed by atoms with Crippen LogP contribution in [0.25, 0.3) is 0 Å². The Morgan fingerprint density at radius 3 is 2.54 bits per heavy atom. The zero-order chi connectivity index (χ0) is 9.42. The number of carbonyl (C=O) groups excluding carboxylic acids is 2. The fraction of sp³-hybridized carbons (Fsp3) is 0.111. The molecule has 1 aliphatic rings. The van der Waals surface area contributed by atoms with E-state index >= 15 is 0 Å². The maximum absolute atomic E-state index is 11.1. The third kappa shape index (κ3) is 1.35. The van der Waals surface area contributed by atoms with E-state index in [1.165, 1.54) is 0 Å². The number of ether oxygens (including phenoxy) is 1. The predicted molar refractivity (Wildman–Crippen MR) is 53.9 cm³/mol. The maximum atomic E-state index is 11.1. The average Bonchev–Trinajstić information content (AvgIpc) is 2.42. The van der Waals surface area contributed by atoms with Gasteiger partial charge in [0.15, 0.2) is 0 Å². The first kappa shape index (κ1) is 8.68. The molecule has 1 aliphatic heterocycles. The molecule has 0 amide bonds. The van der Waals surface area contributed by atoms with Crippen molar-refractivity contribution in [3.63, 3.8) is 0 Å². The van der Waals surface area contributed by atoms with Crippen molar-refractivity contribution in [2.75, 3.05) is 0 Å². The number of cyclic esters (lactones) is 2. The summed E-state index contributed by atoms with van der Waals surface area (Å²) in [6, 6.07) is 5.16. The van der Waals surface area contributed by atoms with Gasteiger partial charge in [0.2, 0.25) is 0 Å². The summed E-state index contributed by atoms with van der Waals surface area (Å²) in [5.74, 6) is -1.08. The van der Waals surface area contributed by atoms with Crippen LogP contribution in [0.5, 0.6) is 0 Å². The quantitative estimate of drug-likeness (QED) is 0.343. The molecule has 1 heterocycles. The zero-order valence-electron chi connectivity index (χ0n) is 6.54. The molecule has 1 aromatic carbocycles. The van der Waals surface area contributed by atoms with Gasteiger partial charge in [0.25, 0.3) is 0 Å². The standard InChI is InChI=1S/C9H5IO3/c10-4-5-1-2-6-7(3-5)9(12)13-8(6)11/h1-3H,4H2. The van der Waals surface area contributed by atoms with Crippen LogP contribution in [-0.2, 0) is 9.16 Å². The van der Waals surface area contributed by atoms with Gasteiger partial charge in [-0.05, 0) is 17.7 Å². The predicted octanol–water partition coefficient (Wildman–Crippen LogP) is 1.93. The second kappa shape index (κ2) is 3.10. The highest BCUT2D eigenvalue weighted by molar-refractivity contribution is 14.1. The number of hydrogen-bond acceptors (Lipinski definition) is 3. The van der Waals surface area contributed by atoms with E-state index in [0.717, 1.165) is 9.99 Å². The summed E-state index contributed by atoms with van der Waals surface area (Å²) in [5, 5.41) is 0. The van der Waals surface area contributed by atoms with Crippen LogP contribution in [0.2, 0.25) is 0 Å². The summed E-state index contributed by atoms with van der Waals surface area (Å²) in [6.45, 7) is 0. The molecule has 0 saturated carbocycles. The number of carbonyl (C=O) groups is 2. The first-order valence-electron chi connectivity index (χ1n) is 3.68. The van der Waals surface area contributed by atoms with Gasteiger partial charge < -0.3 is 4.74 Å². The Kier molecular flexibility index (Phi) is 2.07. The molecular weight excluding hydrogens is 283 g/mol. The molecule has 0 aromatic heterocycles. The molecule has 0 bridgehead atoms. The van der Waals surface area contributed by atoms with Crippen LogP contribution in [0.3, 0.4) is 0 Å². The lowest BCUT2D eigenvalue weighted by atomic mass is 10.1. The second-order valence-corrected chi connectivity index (χ2v) is 3.45. The van der Waals surface area contributed by atoms with E-state index in [-0.39, 0.29) is 0 Å². The zero-order valence-corrected chi connectivity index (χ0v) is 8.70. The van der Waals surface area contributed by atoms with E-state index in [1.807, 2.05) is 6.07 Å². The molecule has 3 nitrogen and oxygen atoms in total. The SMILES string of the molecule is O=C1OC(=O)c2cc(CI)ccc21. The van der Waals surface area contributed by atoms with Gasteiger partial charge in [-0.25, -0.2) is 9.59 Å². The number of rotatable bonds is 1. The van der Waals surface area contributed by atoms with Crippen LogP contribution in [0.15, 0.2) is 18.2 Å². The molecule has 0 aliphatic carbocycles. The van der Waals surface area contributed by atoms with Crippen molar-refractivity contribution in [3.8, 4) is 0 Å². The Morgan fingerprint density at radius 1 is 1.15 bits per heavy atom. The first-order valence-corrected chi connectivity index (χ1v) is 5.20. The Balaban J connectivity index is 2.58. The van der Waals surface area contributed by atoms with E-state index in [2.05, 4.69) is 27.3 Å². The average molecular weight is 288 g/mol. The number of halogens is 1. The lowest BCUT2D eigenvalue weighted by Gasteiger charge is -1.95. The summed E-state index contributed by atoms with van der Waals surface area (Å²) in [4.78, 5) is 22.1. The Bertz CT molecular complexity index is 398. The van der Waals surface area contributed by atoms with Crippen molar-refractivity contribution in [3.05, 3.63) is 34.9 Å². The smallest absolute Gasteiger partial charge is 0.346 e. The van der Waals surface area contributed by atoms with Gasteiger partial charge in [-0.15, -0.1) is 0 Å². The molecule has 0 spiro atoms. The third-order valence-corrected chi connectivity index (χ3v) is 2.74. The minimum atomic E-state index is -0.542. The maximum Gasteiger partial charge on any atom is 0.346 e. The Morgan fingerprint density at radius 2 is 1.85 bits per heavy atom. The van der Waals surface area contributed by atoms with E-state index in [9.17, 15) is 9.59 Å². The minimum Gasteiger partial charge on any atom is -0.386 e. The lowest BCUT2D eigenvalue weighted by Crippen LogP contribution is -1.96. The molecular formula is C9H5IO3. The monoisotopic (exact) mass is 288 g/mol. The highest BCUT2D eigenvalue weighted by Crippen LogP contribution is 2.21. The molecule has 0 saturated heterocycles. The topological polar surface area (TPSA) is 43.4 Å². The molecule has 0 radical (unpaired) electrons. The van der Waals surface area contributed by atoms with Crippen molar-refractivity contribution in [1.82, 2.24) is 0 Å². The van der Waals surface area contributed by atoms with E-state index in [4.69, 9.17) is 0 Å². The highest BCUT2D eigenvalue weighted by atomic mass is 127. The van der Waals surface area contributed by atoms with Crippen molar-refractivity contribution in [1.29, 1.82) is 0 Å². The van der Waals surface area contributed by atoms with Crippen molar-refractivity contribution < 1.29 is 14.3 Å². The third-order valence-electron chi connectivity index (χ3n) is 1.86. The number of benzene rings is 1.